The molecule has 0 aliphatic rings. The molecule has 0 saturated heterocycles. The van der Waals surface area contributed by atoms with Crippen molar-refractivity contribution in [1.82, 2.24) is 4.98 Å². The molecule has 0 aliphatic heterocycles. The molecule has 0 atom stereocenters. The molecule has 0 aliphatic carbocycles. The lowest BCUT2D eigenvalue weighted by Gasteiger charge is -2.06. The zero-order chi connectivity index (χ0) is 16.9. The summed E-state index contributed by atoms with van der Waals surface area (Å²) in [6, 6.07) is 15.0. The molecule has 122 valence electrons. The Kier molecular flexibility index (Phi) is 4.77. The minimum Gasteiger partial charge on any atom is -0.497 e. The highest BCUT2D eigenvalue weighted by molar-refractivity contribution is 7.14. The van der Waals surface area contributed by atoms with Crippen LogP contribution >= 0.6 is 11.3 Å². The van der Waals surface area contributed by atoms with Crippen molar-refractivity contribution >= 4 is 28.1 Å². The number of rotatable bonds is 5. The van der Waals surface area contributed by atoms with Gasteiger partial charge in [-0.2, -0.15) is 0 Å². The summed E-state index contributed by atoms with van der Waals surface area (Å²) in [6.07, 6.45) is 0. The van der Waals surface area contributed by atoms with Crippen LogP contribution in [0.4, 0.5) is 10.8 Å². The van der Waals surface area contributed by atoms with E-state index in [1.165, 1.54) is 18.3 Å². The second kappa shape index (κ2) is 7.14. The van der Waals surface area contributed by atoms with Gasteiger partial charge in [-0.15, -0.1) is 11.3 Å². The quantitative estimate of drug-likeness (QED) is 0.548. The van der Waals surface area contributed by atoms with Crippen LogP contribution in [0.5, 0.6) is 11.5 Å². The molecule has 3 rings (SSSR count). The minimum absolute atomic E-state index is 0.353. The third-order valence-electron chi connectivity index (χ3n) is 3.26. The van der Waals surface area contributed by atoms with Gasteiger partial charge in [0, 0.05) is 23.6 Å². The van der Waals surface area contributed by atoms with Crippen molar-refractivity contribution in [1.29, 1.82) is 0 Å². The maximum absolute atomic E-state index is 11.2. The highest BCUT2D eigenvalue weighted by Gasteiger charge is 2.11. The fraction of sp³-hybridized carbons (Fsp3) is 0.111. The van der Waals surface area contributed by atoms with Gasteiger partial charge in [0.05, 0.1) is 12.8 Å². The molecule has 0 saturated carbocycles. The fourth-order valence-electron chi connectivity index (χ4n) is 2.17. The van der Waals surface area contributed by atoms with Crippen LogP contribution < -0.4 is 14.8 Å². The van der Waals surface area contributed by atoms with Crippen LogP contribution in [-0.4, -0.2) is 18.1 Å². The standard InChI is InChI=1S/C18H16N2O3S/c1-12(21)23-17-6-4-3-5-15(17)16-11-24-18(20-16)19-13-7-9-14(22-2)10-8-13/h3-11H,1-2H3,(H,19,20). The van der Waals surface area contributed by atoms with E-state index in [9.17, 15) is 4.79 Å². The Morgan fingerprint density at radius 3 is 2.58 bits per heavy atom. The molecule has 0 radical (unpaired) electrons. The average Bonchev–Trinajstić information content (AvgIpc) is 3.04. The number of anilines is 2. The molecular formula is C18H16N2O3S. The summed E-state index contributed by atoms with van der Waals surface area (Å²) in [5.41, 5.74) is 2.46. The normalized spacial score (nSPS) is 10.2. The molecule has 0 spiro atoms. The summed E-state index contributed by atoms with van der Waals surface area (Å²) >= 11 is 1.48. The molecular weight excluding hydrogens is 324 g/mol. The van der Waals surface area contributed by atoms with Crippen LogP contribution in [0.1, 0.15) is 6.92 Å². The number of ether oxygens (including phenoxy) is 2. The van der Waals surface area contributed by atoms with Gasteiger partial charge in [-0.1, -0.05) is 12.1 Å². The average molecular weight is 340 g/mol. The monoisotopic (exact) mass is 340 g/mol. The van der Waals surface area contributed by atoms with Gasteiger partial charge in [0.2, 0.25) is 0 Å². The zero-order valence-electron chi connectivity index (χ0n) is 13.3. The predicted molar refractivity (Wildman–Crippen MR) is 95.1 cm³/mol. The van der Waals surface area contributed by atoms with E-state index in [2.05, 4.69) is 10.3 Å². The number of methoxy groups -OCH3 is 1. The van der Waals surface area contributed by atoms with Gasteiger partial charge in [-0.05, 0) is 36.4 Å². The maximum atomic E-state index is 11.2. The first-order valence-electron chi connectivity index (χ1n) is 7.30. The number of benzene rings is 2. The molecule has 0 fully saturated rings. The van der Waals surface area contributed by atoms with Crippen LogP contribution in [-0.2, 0) is 4.79 Å². The number of carbonyl (C=O) groups excluding carboxylic acids is 1. The third-order valence-corrected chi connectivity index (χ3v) is 4.02. The van der Waals surface area contributed by atoms with E-state index in [0.29, 0.717) is 5.75 Å². The molecule has 3 aromatic rings. The van der Waals surface area contributed by atoms with E-state index in [1.54, 1.807) is 13.2 Å². The molecule has 0 unspecified atom stereocenters. The smallest absolute Gasteiger partial charge is 0.308 e. The second-order valence-corrected chi connectivity index (χ2v) is 5.84. The molecule has 1 heterocycles. The van der Waals surface area contributed by atoms with Crippen molar-refractivity contribution in [2.24, 2.45) is 0 Å². The molecule has 24 heavy (non-hydrogen) atoms. The number of carbonyl (C=O) groups is 1. The second-order valence-electron chi connectivity index (χ2n) is 4.98. The number of aromatic nitrogens is 1. The van der Waals surface area contributed by atoms with Gasteiger partial charge in [-0.3, -0.25) is 4.79 Å². The summed E-state index contributed by atoms with van der Waals surface area (Å²) in [5.74, 6) is 0.955. The highest BCUT2D eigenvalue weighted by Crippen LogP contribution is 2.33. The summed E-state index contributed by atoms with van der Waals surface area (Å²) in [7, 11) is 1.64. The SMILES string of the molecule is COc1ccc(Nc2nc(-c3ccccc3OC(C)=O)cs2)cc1. The topological polar surface area (TPSA) is 60.4 Å². The Hall–Kier alpha value is -2.86. The van der Waals surface area contributed by atoms with E-state index in [0.717, 1.165) is 27.8 Å². The first kappa shape index (κ1) is 16.0. The van der Waals surface area contributed by atoms with Gasteiger partial charge in [0.1, 0.15) is 11.5 Å². The summed E-state index contributed by atoms with van der Waals surface area (Å²) in [6.45, 7) is 1.38. The maximum Gasteiger partial charge on any atom is 0.308 e. The van der Waals surface area contributed by atoms with E-state index in [-0.39, 0.29) is 5.97 Å². The largest absolute Gasteiger partial charge is 0.497 e. The van der Waals surface area contributed by atoms with Gasteiger partial charge in [0.15, 0.2) is 5.13 Å². The zero-order valence-corrected chi connectivity index (χ0v) is 14.1. The van der Waals surface area contributed by atoms with Crippen molar-refractivity contribution < 1.29 is 14.3 Å². The number of nitrogens with zero attached hydrogens (tertiary/aromatic N) is 1. The van der Waals surface area contributed by atoms with Crippen LogP contribution in [0.3, 0.4) is 0 Å². The Bertz CT molecular complexity index is 843. The lowest BCUT2D eigenvalue weighted by Crippen LogP contribution is -2.02. The first-order valence-corrected chi connectivity index (χ1v) is 8.18. The van der Waals surface area contributed by atoms with Crippen molar-refractivity contribution in [3.8, 4) is 22.8 Å². The van der Waals surface area contributed by atoms with Crippen molar-refractivity contribution in [2.75, 3.05) is 12.4 Å². The van der Waals surface area contributed by atoms with Crippen LogP contribution in [0.2, 0.25) is 0 Å². The van der Waals surface area contributed by atoms with Gasteiger partial charge in [0.25, 0.3) is 0 Å². The lowest BCUT2D eigenvalue weighted by molar-refractivity contribution is -0.131. The molecule has 1 N–H and O–H groups in total. The predicted octanol–water partition coefficient (Wildman–Crippen LogP) is 4.49. The van der Waals surface area contributed by atoms with E-state index >= 15 is 0 Å². The van der Waals surface area contributed by atoms with Crippen LogP contribution in [0.25, 0.3) is 11.3 Å². The summed E-state index contributed by atoms with van der Waals surface area (Å²) in [4.78, 5) is 15.8. The molecule has 5 nitrogen and oxygen atoms in total. The molecule has 0 bridgehead atoms. The Labute approximate surface area is 143 Å². The molecule has 6 heteroatoms. The van der Waals surface area contributed by atoms with E-state index < -0.39 is 0 Å². The number of nitrogens with one attached hydrogen (secondary N) is 1. The Balaban J connectivity index is 1.81. The van der Waals surface area contributed by atoms with Crippen LogP contribution in [0.15, 0.2) is 53.9 Å². The van der Waals surface area contributed by atoms with E-state index in [1.807, 2.05) is 47.8 Å². The minimum atomic E-state index is -0.353. The van der Waals surface area contributed by atoms with Crippen molar-refractivity contribution in [3.63, 3.8) is 0 Å². The van der Waals surface area contributed by atoms with Gasteiger partial charge >= 0.3 is 5.97 Å². The van der Waals surface area contributed by atoms with Gasteiger partial charge in [-0.25, -0.2) is 4.98 Å². The number of hydrogen-bond acceptors (Lipinski definition) is 6. The number of para-hydroxylation sites is 1. The number of hydrogen-bond donors (Lipinski definition) is 1. The first-order chi connectivity index (χ1) is 11.7. The molecule has 1 aromatic heterocycles. The van der Waals surface area contributed by atoms with E-state index in [4.69, 9.17) is 9.47 Å². The van der Waals surface area contributed by atoms with Gasteiger partial charge < -0.3 is 14.8 Å². The molecule has 0 amide bonds. The molecule has 2 aromatic carbocycles. The summed E-state index contributed by atoms with van der Waals surface area (Å²) < 4.78 is 10.4. The number of esters is 1. The number of thiazole rings is 1. The Morgan fingerprint density at radius 2 is 1.88 bits per heavy atom. The lowest BCUT2D eigenvalue weighted by atomic mass is 10.1. The van der Waals surface area contributed by atoms with Crippen molar-refractivity contribution in [3.05, 3.63) is 53.9 Å². The summed E-state index contributed by atoms with van der Waals surface area (Å²) in [5, 5.41) is 5.93. The fourth-order valence-corrected chi connectivity index (χ4v) is 2.91. The Morgan fingerprint density at radius 1 is 1.12 bits per heavy atom. The van der Waals surface area contributed by atoms with Crippen LogP contribution in [0, 0.1) is 0 Å². The van der Waals surface area contributed by atoms with Crippen molar-refractivity contribution in [2.45, 2.75) is 6.92 Å². The third kappa shape index (κ3) is 3.72. The highest BCUT2D eigenvalue weighted by atomic mass is 32.1.